The first kappa shape index (κ1) is 13.3. The third-order valence-electron chi connectivity index (χ3n) is 3.32. The predicted molar refractivity (Wildman–Crippen MR) is 71.6 cm³/mol. The predicted octanol–water partition coefficient (Wildman–Crippen LogP) is 3.48. The quantitative estimate of drug-likeness (QED) is 0.884. The van der Waals surface area contributed by atoms with Gasteiger partial charge in [-0.25, -0.2) is 4.39 Å². The van der Waals surface area contributed by atoms with Gasteiger partial charge in [-0.2, -0.15) is 0 Å². The maximum atomic E-state index is 14.3. The summed E-state index contributed by atoms with van der Waals surface area (Å²) in [6.45, 7) is 5.77. The Labute approximate surface area is 109 Å². The second-order valence-corrected chi connectivity index (χ2v) is 5.24. The van der Waals surface area contributed by atoms with Crippen LogP contribution < -0.4 is 10.1 Å². The number of benzene rings is 1. The summed E-state index contributed by atoms with van der Waals surface area (Å²) in [6.07, 6.45) is 1.32. The number of hydrogen-bond acceptors (Lipinski definition) is 2. The molecule has 100 valence electrons. The molecule has 0 amide bonds. The number of rotatable bonds is 4. The Kier molecular flexibility index (Phi) is 4.59. The van der Waals surface area contributed by atoms with Crippen LogP contribution in [-0.2, 0) is 0 Å². The lowest BCUT2D eigenvalue weighted by Crippen LogP contribution is -2.32. The SMILES string of the molecule is CC(C)Oc1ccc(C(F)C2CCCNC2)cc1. The zero-order chi connectivity index (χ0) is 13.0. The highest BCUT2D eigenvalue weighted by atomic mass is 19.1. The molecule has 0 bridgehead atoms. The number of halogens is 1. The van der Waals surface area contributed by atoms with Gasteiger partial charge in [-0.3, -0.25) is 0 Å². The molecule has 2 unspecified atom stereocenters. The molecule has 1 fully saturated rings. The van der Waals surface area contributed by atoms with Crippen molar-refractivity contribution in [2.24, 2.45) is 5.92 Å². The van der Waals surface area contributed by atoms with Crippen LogP contribution in [0.5, 0.6) is 5.75 Å². The second-order valence-electron chi connectivity index (χ2n) is 5.24. The summed E-state index contributed by atoms with van der Waals surface area (Å²) >= 11 is 0. The first-order chi connectivity index (χ1) is 8.66. The molecule has 1 aliphatic heterocycles. The lowest BCUT2D eigenvalue weighted by molar-refractivity contribution is 0.194. The summed E-state index contributed by atoms with van der Waals surface area (Å²) < 4.78 is 19.9. The van der Waals surface area contributed by atoms with Crippen molar-refractivity contribution in [3.63, 3.8) is 0 Å². The molecule has 0 aromatic heterocycles. The van der Waals surface area contributed by atoms with E-state index in [0.717, 1.165) is 37.2 Å². The van der Waals surface area contributed by atoms with Crippen LogP contribution in [0.4, 0.5) is 4.39 Å². The zero-order valence-corrected chi connectivity index (χ0v) is 11.2. The summed E-state index contributed by atoms with van der Waals surface area (Å²) in [7, 11) is 0. The van der Waals surface area contributed by atoms with Crippen LogP contribution in [0, 0.1) is 5.92 Å². The Morgan fingerprint density at radius 1 is 1.28 bits per heavy atom. The standard InChI is InChI=1S/C15H22FNO/c1-11(2)18-14-7-5-12(6-8-14)15(16)13-4-3-9-17-10-13/h5-8,11,13,15,17H,3-4,9-10H2,1-2H3. The lowest BCUT2D eigenvalue weighted by Gasteiger charge is -2.26. The highest BCUT2D eigenvalue weighted by molar-refractivity contribution is 5.29. The van der Waals surface area contributed by atoms with Crippen LogP contribution in [0.25, 0.3) is 0 Å². The minimum absolute atomic E-state index is 0.107. The maximum Gasteiger partial charge on any atom is 0.129 e. The molecule has 1 saturated heterocycles. The molecule has 1 aromatic rings. The van der Waals surface area contributed by atoms with Crippen molar-refractivity contribution >= 4 is 0 Å². The summed E-state index contributed by atoms with van der Waals surface area (Å²) in [5.41, 5.74) is 0.764. The van der Waals surface area contributed by atoms with Crippen LogP contribution in [0.2, 0.25) is 0 Å². The van der Waals surface area contributed by atoms with Crippen molar-refractivity contribution in [1.82, 2.24) is 5.32 Å². The summed E-state index contributed by atoms with van der Waals surface area (Å²) in [4.78, 5) is 0. The van der Waals surface area contributed by atoms with Crippen molar-refractivity contribution in [3.05, 3.63) is 29.8 Å². The fraction of sp³-hybridized carbons (Fsp3) is 0.600. The van der Waals surface area contributed by atoms with Gasteiger partial charge in [0.15, 0.2) is 0 Å². The van der Waals surface area contributed by atoms with E-state index in [9.17, 15) is 4.39 Å². The van der Waals surface area contributed by atoms with Gasteiger partial charge in [-0.05, 0) is 50.9 Å². The summed E-state index contributed by atoms with van der Waals surface area (Å²) in [5.74, 6) is 0.915. The van der Waals surface area contributed by atoms with E-state index in [1.165, 1.54) is 0 Å². The number of piperidine rings is 1. The number of ether oxygens (including phenoxy) is 1. The Morgan fingerprint density at radius 2 is 2.00 bits per heavy atom. The Balaban J connectivity index is 1.99. The van der Waals surface area contributed by atoms with Gasteiger partial charge in [0.1, 0.15) is 11.9 Å². The summed E-state index contributed by atoms with van der Waals surface area (Å²) in [5, 5.41) is 3.26. The highest BCUT2D eigenvalue weighted by Gasteiger charge is 2.24. The molecule has 3 heteroatoms. The number of hydrogen-bond donors (Lipinski definition) is 1. The van der Waals surface area contributed by atoms with Gasteiger partial charge in [0.05, 0.1) is 6.10 Å². The molecule has 0 aliphatic carbocycles. The van der Waals surface area contributed by atoms with E-state index in [0.29, 0.717) is 0 Å². The molecule has 0 saturated carbocycles. The molecule has 2 atom stereocenters. The average molecular weight is 251 g/mol. The van der Waals surface area contributed by atoms with Crippen molar-refractivity contribution in [2.75, 3.05) is 13.1 Å². The number of nitrogens with one attached hydrogen (secondary N) is 1. The third kappa shape index (κ3) is 3.45. The highest BCUT2D eigenvalue weighted by Crippen LogP contribution is 2.31. The maximum absolute atomic E-state index is 14.3. The van der Waals surface area contributed by atoms with Crippen LogP contribution >= 0.6 is 0 Å². The van der Waals surface area contributed by atoms with Crippen molar-refractivity contribution < 1.29 is 9.13 Å². The van der Waals surface area contributed by atoms with Crippen molar-refractivity contribution in [2.45, 2.75) is 39.0 Å². The van der Waals surface area contributed by atoms with Crippen LogP contribution in [0.3, 0.4) is 0 Å². The Morgan fingerprint density at radius 3 is 2.56 bits per heavy atom. The first-order valence-corrected chi connectivity index (χ1v) is 6.78. The number of alkyl halides is 1. The summed E-state index contributed by atoms with van der Waals surface area (Å²) in [6, 6.07) is 7.41. The zero-order valence-electron chi connectivity index (χ0n) is 11.2. The van der Waals surface area contributed by atoms with Gasteiger partial charge < -0.3 is 10.1 Å². The van der Waals surface area contributed by atoms with Crippen molar-refractivity contribution in [1.29, 1.82) is 0 Å². The van der Waals surface area contributed by atoms with E-state index < -0.39 is 6.17 Å². The van der Waals surface area contributed by atoms with E-state index in [4.69, 9.17) is 4.74 Å². The molecule has 2 nitrogen and oxygen atoms in total. The minimum Gasteiger partial charge on any atom is -0.491 e. The first-order valence-electron chi connectivity index (χ1n) is 6.78. The molecule has 0 radical (unpaired) electrons. The molecule has 0 spiro atoms. The van der Waals surface area contributed by atoms with Gasteiger partial charge in [-0.1, -0.05) is 12.1 Å². The normalized spacial score (nSPS) is 21.9. The molecule has 1 heterocycles. The largest absolute Gasteiger partial charge is 0.491 e. The van der Waals surface area contributed by atoms with E-state index >= 15 is 0 Å². The molecule has 1 aliphatic rings. The van der Waals surface area contributed by atoms with E-state index in [-0.39, 0.29) is 12.0 Å². The molecule has 2 rings (SSSR count). The Bertz CT molecular complexity index is 357. The van der Waals surface area contributed by atoms with Gasteiger partial charge in [0.25, 0.3) is 0 Å². The average Bonchev–Trinajstić information content (AvgIpc) is 2.39. The van der Waals surface area contributed by atoms with Gasteiger partial charge in [0.2, 0.25) is 0 Å². The van der Waals surface area contributed by atoms with E-state index in [1.807, 2.05) is 38.1 Å². The second kappa shape index (κ2) is 6.19. The molecule has 1 N–H and O–H groups in total. The topological polar surface area (TPSA) is 21.3 Å². The lowest BCUT2D eigenvalue weighted by atomic mass is 9.90. The van der Waals surface area contributed by atoms with Gasteiger partial charge in [0, 0.05) is 12.5 Å². The minimum atomic E-state index is -0.870. The van der Waals surface area contributed by atoms with Gasteiger partial charge >= 0.3 is 0 Å². The van der Waals surface area contributed by atoms with Crippen molar-refractivity contribution in [3.8, 4) is 5.75 Å². The third-order valence-corrected chi connectivity index (χ3v) is 3.32. The van der Waals surface area contributed by atoms with Crippen LogP contribution in [0.15, 0.2) is 24.3 Å². The molecule has 1 aromatic carbocycles. The molecular formula is C15H22FNO. The van der Waals surface area contributed by atoms with E-state index in [2.05, 4.69) is 5.32 Å². The van der Waals surface area contributed by atoms with Crippen LogP contribution in [0.1, 0.15) is 38.4 Å². The molecule has 18 heavy (non-hydrogen) atoms. The monoisotopic (exact) mass is 251 g/mol. The molecular weight excluding hydrogens is 229 g/mol. The van der Waals surface area contributed by atoms with Gasteiger partial charge in [-0.15, -0.1) is 0 Å². The Hall–Kier alpha value is -1.09. The fourth-order valence-corrected chi connectivity index (χ4v) is 2.40. The smallest absolute Gasteiger partial charge is 0.129 e. The van der Waals surface area contributed by atoms with E-state index in [1.54, 1.807) is 0 Å². The fourth-order valence-electron chi connectivity index (χ4n) is 2.40. The van der Waals surface area contributed by atoms with Crippen LogP contribution in [-0.4, -0.2) is 19.2 Å².